The Labute approximate surface area is 173 Å². The van der Waals surface area contributed by atoms with Gasteiger partial charge < -0.3 is 19.7 Å². The van der Waals surface area contributed by atoms with E-state index in [0.717, 1.165) is 11.1 Å². The molecule has 0 unspecified atom stereocenters. The number of likely N-dealkylation sites (N-methyl/N-ethyl adjacent to an activating group) is 1. The summed E-state index contributed by atoms with van der Waals surface area (Å²) in [4.78, 5) is 31.3. The van der Waals surface area contributed by atoms with E-state index in [2.05, 4.69) is 15.4 Å². The first-order valence-electron chi connectivity index (χ1n) is 9.74. The van der Waals surface area contributed by atoms with Crippen molar-refractivity contribution in [2.45, 2.75) is 13.8 Å². The van der Waals surface area contributed by atoms with E-state index in [9.17, 15) is 9.59 Å². The molecule has 0 atom stereocenters. The molecule has 0 aliphatic carbocycles. The Hall–Kier alpha value is -3.62. The first-order chi connectivity index (χ1) is 14.5. The topological polar surface area (TPSA) is 98.6 Å². The number of benzene rings is 1. The van der Waals surface area contributed by atoms with E-state index >= 15 is 0 Å². The van der Waals surface area contributed by atoms with Crippen LogP contribution in [0.5, 0.6) is 11.5 Å². The molecule has 9 nitrogen and oxygen atoms in total. The van der Waals surface area contributed by atoms with Crippen LogP contribution in [0.15, 0.2) is 30.5 Å². The van der Waals surface area contributed by atoms with Crippen LogP contribution in [-0.2, 0) is 11.8 Å². The molecule has 4 rings (SSSR count). The Morgan fingerprint density at radius 2 is 1.97 bits per heavy atom. The van der Waals surface area contributed by atoms with E-state index in [0.29, 0.717) is 48.2 Å². The molecule has 9 heteroatoms. The fourth-order valence-electron chi connectivity index (χ4n) is 3.43. The minimum atomic E-state index is -0.298. The summed E-state index contributed by atoms with van der Waals surface area (Å²) in [5, 5.41) is 7.95. The van der Waals surface area contributed by atoms with Crippen LogP contribution in [0.1, 0.15) is 23.0 Å². The van der Waals surface area contributed by atoms with E-state index in [1.165, 1.54) is 11.1 Å². The van der Waals surface area contributed by atoms with Crippen LogP contribution < -0.4 is 14.8 Å². The number of pyridine rings is 1. The van der Waals surface area contributed by atoms with Gasteiger partial charge in [-0.3, -0.25) is 14.3 Å². The van der Waals surface area contributed by atoms with Gasteiger partial charge in [0.15, 0.2) is 17.1 Å². The standard InChI is InChI=1S/C21H23N5O4/c1-4-26(21(28)14-9-16-13(2)24-25(3)20(16)22-11-14)12-19(27)23-15-5-6-17-18(10-15)30-8-7-29-17/h5-6,9-11H,4,7-8,12H2,1-3H3,(H,23,27). The van der Waals surface area contributed by atoms with Crippen LogP contribution in [0, 0.1) is 6.92 Å². The molecule has 3 aromatic rings. The second kappa shape index (κ2) is 8.02. The molecule has 2 amide bonds. The summed E-state index contributed by atoms with van der Waals surface area (Å²) in [6, 6.07) is 6.98. The lowest BCUT2D eigenvalue weighted by Gasteiger charge is -2.21. The summed E-state index contributed by atoms with van der Waals surface area (Å²) in [5.41, 5.74) is 2.52. The van der Waals surface area contributed by atoms with E-state index in [4.69, 9.17) is 9.47 Å². The average Bonchev–Trinajstić information content (AvgIpc) is 3.04. The number of amides is 2. The van der Waals surface area contributed by atoms with Gasteiger partial charge in [0.25, 0.3) is 5.91 Å². The van der Waals surface area contributed by atoms with E-state index in [1.807, 2.05) is 20.9 Å². The molecule has 3 heterocycles. The lowest BCUT2D eigenvalue weighted by atomic mass is 10.2. The predicted molar refractivity (Wildman–Crippen MR) is 111 cm³/mol. The highest BCUT2D eigenvalue weighted by Gasteiger charge is 2.20. The third kappa shape index (κ3) is 3.78. The van der Waals surface area contributed by atoms with Crippen LogP contribution in [0.3, 0.4) is 0 Å². The minimum absolute atomic E-state index is 0.0756. The molecule has 30 heavy (non-hydrogen) atoms. The van der Waals surface area contributed by atoms with Gasteiger partial charge in [0.2, 0.25) is 5.91 Å². The lowest BCUT2D eigenvalue weighted by molar-refractivity contribution is -0.116. The van der Waals surface area contributed by atoms with Crippen molar-refractivity contribution in [2.24, 2.45) is 7.05 Å². The highest BCUT2D eigenvalue weighted by atomic mass is 16.6. The number of aromatic nitrogens is 3. The van der Waals surface area contributed by atoms with Gasteiger partial charge in [-0.2, -0.15) is 5.10 Å². The fourth-order valence-corrected chi connectivity index (χ4v) is 3.43. The number of carbonyl (C=O) groups is 2. The largest absolute Gasteiger partial charge is 0.486 e. The van der Waals surface area contributed by atoms with Gasteiger partial charge in [0.1, 0.15) is 19.8 Å². The van der Waals surface area contributed by atoms with Gasteiger partial charge in [-0.1, -0.05) is 0 Å². The van der Waals surface area contributed by atoms with Crippen molar-refractivity contribution in [1.29, 1.82) is 0 Å². The van der Waals surface area contributed by atoms with Crippen molar-refractivity contribution in [1.82, 2.24) is 19.7 Å². The molecule has 0 radical (unpaired) electrons. The normalized spacial score (nSPS) is 12.6. The summed E-state index contributed by atoms with van der Waals surface area (Å²) in [7, 11) is 1.81. The first kappa shape index (κ1) is 19.7. The van der Waals surface area contributed by atoms with E-state index in [1.54, 1.807) is 28.9 Å². The second-order valence-corrected chi connectivity index (χ2v) is 7.03. The van der Waals surface area contributed by atoms with Crippen LogP contribution in [0.4, 0.5) is 5.69 Å². The molecule has 1 N–H and O–H groups in total. The monoisotopic (exact) mass is 409 g/mol. The van der Waals surface area contributed by atoms with Gasteiger partial charge in [0.05, 0.1) is 11.3 Å². The van der Waals surface area contributed by atoms with Crippen molar-refractivity contribution >= 4 is 28.5 Å². The van der Waals surface area contributed by atoms with Gasteiger partial charge >= 0.3 is 0 Å². The van der Waals surface area contributed by atoms with Crippen LogP contribution >= 0.6 is 0 Å². The molecule has 0 saturated carbocycles. The zero-order chi connectivity index (χ0) is 21.3. The Bertz CT molecular complexity index is 1120. The van der Waals surface area contributed by atoms with Crippen molar-refractivity contribution in [3.63, 3.8) is 0 Å². The smallest absolute Gasteiger partial charge is 0.255 e. The number of nitrogens with one attached hydrogen (secondary N) is 1. The van der Waals surface area contributed by atoms with Crippen molar-refractivity contribution in [3.05, 3.63) is 41.7 Å². The molecule has 1 aliphatic heterocycles. The number of hydrogen-bond acceptors (Lipinski definition) is 6. The number of aryl methyl sites for hydroxylation is 2. The summed E-state index contributed by atoms with van der Waals surface area (Å²) in [6.45, 7) is 4.99. The number of ether oxygens (including phenoxy) is 2. The molecule has 0 spiro atoms. The molecule has 156 valence electrons. The third-order valence-corrected chi connectivity index (χ3v) is 4.94. The number of carbonyl (C=O) groups excluding carboxylic acids is 2. The van der Waals surface area contributed by atoms with Crippen LogP contribution in [0.25, 0.3) is 11.0 Å². The molecule has 1 aliphatic rings. The summed E-state index contributed by atoms with van der Waals surface area (Å²) < 4.78 is 12.7. The third-order valence-electron chi connectivity index (χ3n) is 4.94. The zero-order valence-corrected chi connectivity index (χ0v) is 17.1. The van der Waals surface area contributed by atoms with Gasteiger partial charge in [0, 0.05) is 36.9 Å². The summed E-state index contributed by atoms with van der Waals surface area (Å²) >= 11 is 0. The highest BCUT2D eigenvalue weighted by Crippen LogP contribution is 2.32. The maximum absolute atomic E-state index is 13.0. The second-order valence-electron chi connectivity index (χ2n) is 7.03. The maximum Gasteiger partial charge on any atom is 0.255 e. The Kier molecular flexibility index (Phi) is 5.26. The van der Waals surface area contributed by atoms with Crippen LogP contribution in [-0.4, -0.2) is 57.8 Å². The average molecular weight is 409 g/mol. The maximum atomic E-state index is 13.0. The minimum Gasteiger partial charge on any atom is -0.486 e. The molecular weight excluding hydrogens is 386 g/mol. The fraction of sp³-hybridized carbons (Fsp3) is 0.333. The number of nitrogens with zero attached hydrogens (tertiary/aromatic N) is 4. The van der Waals surface area contributed by atoms with E-state index in [-0.39, 0.29) is 18.4 Å². The quantitative estimate of drug-likeness (QED) is 0.693. The number of anilines is 1. The lowest BCUT2D eigenvalue weighted by Crippen LogP contribution is -2.38. The molecule has 1 aromatic carbocycles. The Morgan fingerprint density at radius 3 is 2.73 bits per heavy atom. The number of fused-ring (bicyclic) bond motifs is 2. The van der Waals surface area contributed by atoms with Gasteiger partial charge in [-0.15, -0.1) is 0 Å². The summed E-state index contributed by atoms with van der Waals surface area (Å²) in [6.07, 6.45) is 1.52. The highest BCUT2D eigenvalue weighted by molar-refractivity contribution is 6.01. The van der Waals surface area contributed by atoms with Crippen molar-refractivity contribution in [2.75, 3.05) is 31.6 Å². The number of rotatable bonds is 5. The molecule has 0 fully saturated rings. The van der Waals surface area contributed by atoms with Crippen molar-refractivity contribution in [3.8, 4) is 11.5 Å². The SMILES string of the molecule is CCN(CC(=O)Nc1ccc2c(c1)OCCO2)C(=O)c1cnc2c(c1)c(C)nn2C. The molecule has 0 saturated heterocycles. The predicted octanol–water partition coefficient (Wildman–Crippen LogP) is 2.15. The zero-order valence-electron chi connectivity index (χ0n) is 17.1. The van der Waals surface area contributed by atoms with Gasteiger partial charge in [-0.05, 0) is 32.0 Å². The molecule has 0 bridgehead atoms. The Morgan fingerprint density at radius 1 is 1.20 bits per heavy atom. The Balaban J connectivity index is 1.46. The summed E-state index contributed by atoms with van der Waals surface area (Å²) in [5.74, 6) is 0.688. The number of hydrogen-bond donors (Lipinski definition) is 1. The molecule has 2 aromatic heterocycles. The van der Waals surface area contributed by atoms with Crippen LogP contribution in [0.2, 0.25) is 0 Å². The van der Waals surface area contributed by atoms with Crippen molar-refractivity contribution < 1.29 is 19.1 Å². The molecular formula is C21H23N5O4. The van der Waals surface area contributed by atoms with E-state index < -0.39 is 0 Å². The first-order valence-corrected chi connectivity index (χ1v) is 9.74. The van der Waals surface area contributed by atoms with Gasteiger partial charge in [-0.25, -0.2) is 4.98 Å².